The largest absolute Gasteiger partial charge is 0.463 e. The van der Waals surface area contributed by atoms with Crippen molar-refractivity contribution < 1.29 is 22.7 Å². The SMILES string of the molecule is CCOC(=O)C1=CN(C)N(N)C1C(F)(F)F. The zero-order chi connectivity index (χ0) is 12.5. The van der Waals surface area contributed by atoms with E-state index in [4.69, 9.17) is 5.84 Å². The van der Waals surface area contributed by atoms with E-state index < -0.39 is 23.8 Å². The smallest absolute Gasteiger partial charge is 0.411 e. The quantitative estimate of drug-likeness (QED) is 0.558. The molecule has 1 rings (SSSR count). The van der Waals surface area contributed by atoms with E-state index in [-0.39, 0.29) is 6.61 Å². The number of hydrogen-bond acceptors (Lipinski definition) is 5. The summed E-state index contributed by atoms with van der Waals surface area (Å²) in [6.07, 6.45) is -3.62. The Hall–Kier alpha value is -1.28. The molecule has 0 amide bonds. The van der Waals surface area contributed by atoms with E-state index in [1.54, 1.807) is 0 Å². The molecule has 0 aromatic heterocycles. The fourth-order valence-electron chi connectivity index (χ4n) is 1.37. The van der Waals surface area contributed by atoms with Gasteiger partial charge in [0.1, 0.15) is 0 Å². The predicted octanol–water partition coefficient (Wildman–Crippen LogP) is 0.400. The van der Waals surface area contributed by atoms with Crippen LogP contribution in [0.2, 0.25) is 0 Å². The van der Waals surface area contributed by atoms with Gasteiger partial charge in [0.05, 0.1) is 12.2 Å². The van der Waals surface area contributed by atoms with Crippen molar-refractivity contribution in [2.45, 2.75) is 19.1 Å². The summed E-state index contributed by atoms with van der Waals surface area (Å²) in [5, 5.41) is 1.43. The summed E-state index contributed by atoms with van der Waals surface area (Å²) in [7, 11) is 1.31. The van der Waals surface area contributed by atoms with Crippen LogP contribution < -0.4 is 5.84 Å². The second kappa shape index (κ2) is 4.30. The van der Waals surface area contributed by atoms with E-state index in [1.165, 1.54) is 14.0 Å². The van der Waals surface area contributed by atoms with Gasteiger partial charge in [0, 0.05) is 13.2 Å². The first-order valence-electron chi connectivity index (χ1n) is 4.51. The van der Waals surface area contributed by atoms with Crippen molar-refractivity contribution in [3.63, 3.8) is 0 Å². The number of hydrogen-bond donors (Lipinski definition) is 1. The summed E-state index contributed by atoms with van der Waals surface area (Å²) in [5.41, 5.74) is -0.514. The van der Waals surface area contributed by atoms with Gasteiger partial charge in [-0.05, 0) is 6.92 Å². The van der Waals surface area contributed by atoms with Crippen molar-refractivity contribution in [1.29, 1.82) is 0 Å². The first-order chi connectivity index (χ1) is 7.29. The maximum Gasteiger partial charge on any atom is 0.411 e. The highest BCUT2D eigenvalue weighted by molar-refractivity contribution is 5.90. The topological polar surface area (TPSA) is 58.8 Å². The third kappa shape index (κ3) is 2.27. The lowest BCUT2D eigenvalue weighted by atomic mass is 10.1. The number of nitrogens with zero attached hydrogens (tertiary/aromatic N) is 2. The molecule has 5 nitrogen and oxygen atoms in total. The second-order valence-corrected chi connectivity index (χ2v) is 3.20. The molecule has 1 aliphatic rings. The Bertz CT molecular complexity index is 316. The number of halogens is 3. The normalized spacial score (nSPS) is 22.2. The molecule has 0 bridgehead atoms. The number of ether oxygens (including phenoxy) is 1. The van der Waals surface area contributed by atoms with Crippen molar-refractivity contribution in [2.24, 2.45) is 5.84 Å². The monoisotopic (exact) mass is 239 g/mol. The van der Waals surface area contributed by atoms with E-state index in [1.807, 2.05) is 0 Å². The van der Waals surface area contributed by atoms with Gasteiger partial charge in [0.2, 0.25) is 0 Å². The summed E-state index contributed by atoms with van der Waals surface area (Å²) in [4.78, 5) is 11.3. The van der Waals surface area contributed by atoms with Gasteiger partial charge in [0.15, 0.2) is 6.04 Å². The Morgan fingerprint density at radius 3 is 2.62 bits per heavy atom. The summed E-state index contributed by atoms with van der Waals surface area (Å²) >= 11 is 0. The van der Waals surface area contributed by atoms with Crippen LogP contribution in [0.1, 0.15) is 6.92 Å². The highest BCUT2D eigenvalue weighted by atomic mass is 19.4. The number of esters is 1. The molecule has 0 aromatic carbocycles. The summed E-state index contributed by atoms with van der Waals surface area (Å²) < 4.78 is 42.4. The van der Waals surface area contributed by atoms with Gasteiger partial charge in [-0.25, -0.2) is 10.6 Å². The van der Waals surface area contributed by atoms with Crippen LogP contribution in [-0.4, -0.2) is 42.0 Å². The van der Waals surface area contributed by atoms with Crippen LogP contribution >= 0.6 is 0 Å². The van der Waals surface area contributed by atoms with Crippen LogP contribution in [0.3, 0.4) is 0 Å². The first kappa shape index (κ1) is 12.8. The standard InChI is InChI=1S/C8H12F3N3O2/c1-3-16-7(15)5-4-13(2)14(12)6(5)8(9,10)11/h4,6H,3,12H2,1-2H3. The second-order valence-electron chi connectivity index (χ2n) is 3.20. The minimum Gasteiger partial charge on any atom is -0.463 e. The van der Waals surface area contributed by atoms with Gasteiger partial charge in [0.25, 0.3) is 0 Å². The van der Waals surface area contributed by atoms with Crippen molar-refractivity contribution in [1.82, 2.24) is 10.1 Å². The lowest BCUT2D eigenvalue weighted by Crippen LogP contribution is -2.52. The predicted molar refractivity (Wildman–Crippen MR) is 48.3 cm³/mol. The summed E-state index contributed by atoms with van der Waals surface area (Å²) in [5.74, 6) is 4.20. The van der Waals surface area contributed by atoms with Crippen LogP contribution in [-0.2, 0) is 9.53 Å². The number of hydrazine groups is 2. The number of nitrogens with two attached hydrogens (primary N) is 1. The molecular formula is C8H12F3N3O2. The van der Waals surface area contributed by atoms with E-state index >= 15 is 0 Å². The molecule has 1 atom stereocenters. The van der Waals surface area contributed by atoms with E-state index in [9.17, 15) is 18.0 Å². The Morgan fingerprint density at radius 2 is 2.19 bits per heavy atom. The van der Waals surface area contributed by atoms with E-state index in [0.717, 1.165) is 11.2 Å². The van der Waals surface area contributed by atoms with Crippen LogP contribution in [0, 0.1) is 0 Å². The number of alkyl halides is 3. The van der Waals surface area contributed by atoms with Crippen molar-refractivity contribution in [3.8, 4) is 0 Å². The van der Waals surface area contributed by atoms with Crippen molar-refractivity contribution >= 4 is 5.97 Å². The molecule has 0 aliphatic carbocycles. The average molecular weight is 239 g/mol. The third-order valence-electron chi connectivity index (χ3n) is 2.07. The van der Waals surface area contributed by atoms with Gasteiger partial charge >= 0.3 is 12.1 Å². The van der Waals surface area contributed by atoms with E-state index in [2.05, 4.69) is 4.74 Å². The van der Waals surface area contributed by atoms with Crippen molar-refractivity contribution in [2.75, 3.05) is 13.7 Å². The lowest BCUT2D eigenvalue weighted by molar-refractivity contribution is -0.195. The Kier molecular flexibility index (Phi) is 3.44. The zero-order valence-electron chi connectivity index (χ0n) is 8.78. The van der Waals surface area contributed by atoms with Crippen LogP contribution in [0.4, 0.5) is 13.2 Å². The van der Waals surface area contributed by atoms with Crippen molar-refractivity contribution in [3.05, 3.63) is 11.8 Å². The number of carbonyl (C=O) groups excluding carboxylic acids is 1. The number of carbonyl (C=O) groups is 1. The van der Waals surface area contributed by atoms with Gasteiger partial charge < -0.3 is 9.75 Å². The van der Waals surface area contributed by atoms with E-state index in [0.29, 0.717) is 5.12 Å². The fourth-order valence-corrected chi connectivity index (χ4v) is 1.37. The molecule has 1 aliphatic heterocycles. The van der Waals surface area contributed by atoms with Gasteiger partial charge in [-0.15, -0.1) is 5.12 Å². The molecule has 1 heterocycles. The maximum atomic E-state index is 12.6. The van der Waals surface area contributed by atoms with Crippen LogP contribution in [0.15, 0.2) is 11.8 Å². The number of rotatable bonds is 2. The average Bonchev–Trinajstić information content (AvgIpc) is 2.43. The highest BCUT2D eigenvalue weighted by Gasteiger charge is 2.52. The maximum absolute atomic E-state index is 12.6. The molecule has 92 valence electrons. The molecule has 0 fully saturated rings. The molecule has 16 heavy (non-hydrogen) atoms. The molecule has 0 radical (unpaired) electrons. The Balaban J connectivity index is 2.97. The molecule has 0 saturated carbocycles. The highest BCUT2D eigenvalue weighted by Crippen LogP contribution is 2.33. The minimum absolute atomic E-state index is 0.00896. The van der Waals surface area contributed by atoms with Gasteiger partial charge in [-0.3, -0.25) is 0 Å². The zero-order valence-corrected chi connectivity index (χ0v) is 8.78. The Labute approximate surface area is 90.2 Å². The molecule has 0 aromatic rings. The Morgan fingerprint density at radius 1 is 1.62 bits per heavy atom. The van der Waals surface area contributed by atoms with Crippen LogP contribution in [0.25, 0.3) is 0 Å². The molecule has 8 heteroatoms. The summed E-state index contributed by atoms with van der Waals surface area (Å²) in [6, 6.07) is -2.16. The first-order valence-corrected chi connectivity index (χ1v) is 4.51. The van der Waals surface area contributed by atoms with Gasteiger partial charge in [-0.1, -0.05) is 0 Å². The fraction of sp³-hybridized carbons (Fsp3) is 0.625. The van der Waals surface area contributed by atoms with Crippen LogP contribution in [0.5, 0.6) is 0 Å². The molecule has 0 spiro atoms. The molecule has 2 N–H and O–H groups in total. The minimum atomic E-state index is -4.63. The lowest BCUT2D eigenvalue weighted by Gasteiger charge is -2.27. The molecular weight excluding hydrogens is 227 g/mol. The molecule has 0 saturated heterocycles. The molecule has 1 unspecified atom stereocenters. The van der Waals surface area contributed by atoms with Gasteiger partial charge in [-0.2, -0.15) is 13.2 Å². The third-order valence-corrected chi connectivity index (χ3v) is 2.07. The summed E-state index contributed by atoms with van der Waals surface area (Å²) in [6.45, 7) is 1.52.